The van der Waals surface area contributed by atoms with Gasteiger partial charge in [-0.05, 0) is 37.6 Å². The van der Waals surface area contributed by atoms with E-state index in [2.05, 4.69) is 6.92 Å². The molecule has 0 saturated carbocycles. The van der Waals surface area contributed by atoms with Gasteiger partial charge in [0.15, 0.2) is 0 Å². The van der Waals surface area contributed by atoms with Crippen molar-refractivity contribution in [3.8, 4) is 5.75 Å². The molecule has 0 aliphatic heterocycles. The van der Waals surface area contributed by atoms with Crippen LogP contribution in [0.1, 0.15) is 30.6 Å². The van der Waals surface area contributed by atoms with Crippen molar-refractivity contribution in [1.82, 2.24) is 0 Å². The van der Waals surface area contributed by atoms with E-state index in [0.29, 0.717) is 5.56 Å². The summed E-state index contributed by atoms with van der Waals surface area (Å²) < 4.78 is 5.55. The second-order valence-corrected chi connectivity index (χ2v) is 3.23. The predicted octanol–water partition coefficient (Wildman–Crippen LogP) is 1.96. The van der Waals surface area contributed by atoms with Gasteiger partial charge in [0.1, 0.15) is 5.75 Å². The largest absolute Gasteiger partial charge is 0.491 e. The van der Waals surface area contributed by atoms with Crippen LogP contribution in [0.3, 0.4) is 0 Å². The van der Waals surface area contributed by atoms with E-state index in [1.807, 2.05) is 6.92 Å². The number of hydrogen-bond acceptors (Lipinski definition) is 2. The van der Waals surface area contributed by atoms with Crippen LogP contribution in [0.5, 0.6) is 5.75 Å². The van der Waals surface area contributed by atoms with E-state index in [0.717, 1.165) is 12.2 Å². The lowest BCUT2D eigenvalue weighted by molar-refractivity contribution is 0.100. The smallest absolute Gasteiger partial charge is 0.248 e. The molecule has 0 heterocycles. The maximum absolute atomic E-state index is 10.8. The predicted molar refractivity (Wildman–Crippen MR) is 55.3 cm³/mol. The molecule has 0 aliphatic rings. The summed E-state index contributed by atoms with van der Waals surface area (Å²) in [5.41, 5.74) is 5.61. The molecule has 0 saturated heterocycles. The molecule has 1 rings (SSSR count). The Bertz CT molecular complexity index is 306. The van der Waals surface area contributed by atoms with E-state index in [1.165, 1.54) is 0 Å². The third kappa shape index (κ3) is 2.76. The molecule has 0 radical (unpaired) electrons. The zero-order chi connectivity index (χ0) is 10.6. The molecule has 3 heteroatoms. The summed E-state index contributed by atoms with van der Waals surface area (Å²) in [7, 11) is 0. The standard InChI is InChI=1S/C11H15NO2/c1-3-8(2)14-10-6-4-9(5-7-10)11(12)13/h4-8H,3H2,1-2H3,(H2,12,13)/t8-/m0/s1. The van der Waals surface area contributed by atoms with E-state index >= 15 is 0 Å². The first-order valence-corrected chi connectivity index (χ1v) is 4.70. The van der Waals surface area contributed by atoms with Gasteiger partial charge in [0.2, 0.25) is 5.91 Å². The summed E-state index contributed by atoms with van der Waals surface area (Å²) in [6, 6.07) is 6.85. The molecular weight excluding hydrogens is 178 g/mol. The first-order valence-electron chi connectivity index (χ1n) is 4.70. The normalized spacial score (nSPS) is 12.1. The molecule has 0 aromatic heterocycles. The fourth-order valence-corrected chi connectivity index (χ4v) is 1.01. The Balaban J connectivity index is 2.68. The molecule has 0 aliphatic carbocycles. The van der Waals surface area contributed by atoms with Crippen molar-refractivity contribution < 1.29 is 9.53 Å². The van der Waals surface area contributed by atoms with Crippen LogP contribution < -0.4 is 10.5 Å². The number of benzene rings is 1. The number of amides is 1. The minimum absolute atomic E-state index is 0.189. The highest BCUT2D eigenvalue weighted by molar-refractivity contribution is 5.92. The van der Waals surface area contributed by atoms with Crippen molar-refractivity contribution >= 4 is 5.91 Å². The minimum atomic E-state index is -0.417. The molecule has 0 spiro atoms. The lowest BCUT2D eigenvalue weighted by Gasteiger charge is -2.12. The third-order valence-electron chi connectivity index (χ3n) is 2.05. The topological polar surface area (TPSA) is 52.3 Å². The molecule has 0 bridgehead atoms. The molecule has 2 N–H and O–H groups in total. The summed E-state index contributed by atoms with van der Waals surface area (Å²) in [5, 5.41) is 0. The average molecular weight is 193 g/mol. The number of hydrogen-bond donors (Lipinski definition) is 1. The number of primary amides is 1. The summed E-state index contributed by atoms with van der Waals surface area (Å²) >= 11 is 0. The first kappa shape index (κ1) is 10.6. The molecule has 14 heavy (non-hydrogen) atoms. The van der Waals surface area contributed by atoms with Gasteiger partial charge in [-0.15, -0.1) is 0 Å². The highest BCUT2D eigenvalue weighted by Crippen LogP contribution is 2.14. The van der Waals surface area contributed by atoms with E-state index in [1.54, 1.807) is 24.3 Å². The van der Waals surface area contributed by atoms with Gasteiger partial charge in [-0.3, -0.25) is 4.79 Å². The minimum Gasteiger partial charge on any atom is -0.491 e. The molecule has 0 unspecified atom stereocenters. The average Bonchev–Trinajstić information content (AvgIpc) is 2.18. The van der Waals surface area contributed by atoms with Gasteiger partial charge >= 0.3 is 0 Å². The Morgan fingerprint density at radius 3 is 2.43 bits per heavy atom. The van der Waals surface area contributed by atoms with Crippen molar-refractivity contribution in [2.45, 2.75) is 26.4 Å². The van der Waals surface area contributed by atoms with Gasteiger partial charge in [-0.25, -0.2) is 0 Å². The van der Waals surface area contributed by atoms with E-state index in [-0.39, 0.29) is 6.10 Å². The number of ether oxygens (including phenoxy) is 1. The number of rotatable bonds is 4. The molecule has 1 amide bonds. The van der Waals surface area contributed by atoms with Crippen LogP contribution in [0.25, 0.3) is 0 Å². The summed E-state index contributed by atoms with van der Waals surface area (Å²) in [6.45, 7) is 4.06. The van der Waals surface area contributed by atoms with E-state index in [9.17, 15) is 4.79 Å². The van der Waals surface area contributed by atoms with Crippen molar-refractivity contribution in [3.63, 3.8) is 0 Å². The molecule has 1 atom stereocenters. The summed E-state index contributed by atoms with van der Waals surface area (Å²) in [5.74, 6) is 0.351. The molecule has 0 fully saturated rings. The van der Waals surface area contributed by atoms with Crippen LogP contribution in [0.15, 0.2) is 24.3 Å². The Morgan fingerprint density at radius 2 is 2.00 bits per heavy atom. The summed E-state index contributed by atoms with van der Waals surface area (Å²) in [4.78, 5) is 10.8. The van der Waals surface area contributed by atoms with E-state index < -0.39 is 5.91 Å². The quantitative estimate of drug-likeness (QED) is 0.794. The van der Waals surface area contributed by atoms with Gasteiger partial charge in [0.25, 0.3) is 0 Å². The van der Waals surface area contributed by atoms with Crippen LogP contribution in [0.4, 0.5) is 0 Å². The van der Waals surface area contributed by atoms with Gasteiger partial charge in [-0.2, -0.15) is 0 Å². The Kier molecular flexibility index (Phi) is 3.51. The van der Waals surface area contributed by atoms with Gasteiger partial charge in [0.05, 0.1) is 6.10 Å². The van der Waals surface area contributed by atoms with Crippen molar-refractivity contribution in [3.05, 3.63) is 29.8 Å². The Hall–Kier alpha value is -1.51. The molecular formula is C11H15NO2. The monoisotopic (exact) mass is 193 g/mol. The van der Waals surface area contributed by atoms with Crippen molar-refractivity contribution in [2.75, 3.05) is 0 Å². The first-order chi connectivity index (χ1) is 6.63. The summed E-state index contributed by atoms with van der Waals surface area (Å²) in [6.07, 6.45) is 1.15. The second kappa shape index (κ2) is 4.65. The lowest BCUT2D eigenvalue weighted by atomic mass is 10.2. The fraction of sp³-hybridized carbons (Fsp3) is 0.364. The maximum Gasteiger partial charge on any atom is 0.248 e. The van der Waals surface area contributed by atoms with Crippen LogP contribution in [0, 0.1) is 0 Å². The van der Waals surface area contributed by atoms with Crippen LogP contribution in [-0.4, -0.2) is 12.0 Å². The molecule has 1 aromatic rings. The fourth-order valence-electron chi connectivity index (χ4n) is 1.01. The third-order valence-corrected chi connectivity index (χ3v) is 2.05. The van der Waals surface area contributed by atoms with Gasteiger partial charge < -0.3 is 10.5 Å². The Morgan fingerprint density at radius 1 is 1.43 bits per heavy atom. The number of nitrogens with two attached hydrogens (primary N) is 1. The van der Waals surface area contributed by atoms with Crippen LogP contribution in [-0.2, 0) is 0 Å². The molecule has 3 nitrogen and oxygen atoms in total. The lowest BCUT2D eigenvalue weighted by Crippen LogP contribution is -2.12. The SMILES string of the molecule is CC[C@H](C)Oc1ccc(C(N)=O)cc1. The zero-order valence-electron chi connectivity index (χ0n) is 8.49. The zero-order valence-corrected chi connectivity index (χ0v) is 8.49. The van der Waals surface area contributed by atoms with Crippen molar-refractivity contribution in [2.24, 2.45) is 5.73 Å². The maximum atomic E-state index is 10.8. The molecule has 76 valence electrons. The Labute approximate surface area is 83.9 Å². The highest BCUT2D eigenvalue weighted by atomic mass is 16.5. The van der Waals surface area contributed by atoms with Gasteiger partial charge in [-0.1, -0.05) is 6.92 Å². The number of carbonyl (C=O) groups is 1. The number of carbonyl (C=O) groups excluding carboxylic acids is 1. The second-order valence-electron chi connectivity index (χ2n) is 3.23. The van der Waals surface area contributed by atoms with E-state index in [4.69, 9.17) is 10.5 Å². The van der Waals surface area contributed by atoms with Gasteiger partial charge in [0, 0.05) is 5.56 Å². The van der Waals surface area contributed by atoms with Crippen LogP contribution in [0.2, 0.25) is 0 Å². The van der Waals surface area contributed by atoms with Crippen LogP contribution >= 0.6 is 0 Å². The molecule has 1 aromatic carbocycles. The van der Waals surface area contributed by atoms with Crippen molar-refractivity contribution in [1.29, 1.82) is 0 Å². The highest BCUT2D eigenvalue weighted by Gasteiger charge is 2.02.